The lowest BCUT2D eigenvalue weighted by Gasteiger charge is -2.12. The van der Waals surface area contributed by atoms with Crippen molar-refractivity contribution in [3.8, 4) is 16.9 Å². The van der Waals surface area contributed by atoms with Crippen molar-refractivity contribution in [3.05, 3.63) is 102 Å². The summed E-state index contributed by atoms with van der Waals surface area (Å²) >= 11 is 0. The first kappa shape index (κ1) is 21.8. The number of fused-ring (bicyclic) bond motifs is 3. The number of ether oxygens (including phenoxy) is 1. The molecule has 5 aromatic rings. The first-order valence-corrected chi connectivity index (χ1v) is 11.5. The molecule has 1 N–H and O–H groups in total. The molecule has 0 amide bonds. The average molecular weight is 450 g/mol. The van der Waals surface area contributed by atoms with Gasteiger partial charge in [0.2, 0.25) is 0 Å². The third-order valence-corrected chi connectivity index (χ3v) is 6.44. The van der Waals surface area contributed by atoms with Crippen LogP contribution < -0.4 is 0 Å². The number of carbonyl (C=O) groups excluding carboxylic acids is 1. The van der Waals surface area contributed by atoms with Crippen molar-refractivity contribution in [2.45, 2.75) is 26.3 Å². The molecule has 0 atom stereocenters. The van der Waals surface area contributed by atoms with Gasteiger partial charge in [0, 0.05) is 11.9 Å². The van der Waals surface area contributed by atoms with Crippen molar-refractivity contribution in [1.82, 2.24) is 4.57 Å². The van der Waals surface area contributed by atoms with E-state index in [0.717, 1.165) is 33.1 Å². The molecule has 0 unspecified atom stereocenters. The lowest BCUT2D eigenvalue weighted by Crippen LogP contribution is -2.03. The van der Waals surface area contributed by atoms with Crippen LogP contribution in [0.2, 0.25) is 0 Å². The van der Waals surface area contributed by atoms with Crippen molar-refractivity contribution in [2.75, 3.05) is 7.11 Å². The molecule has 0 fully saturated rings. The zero-order valence-corrected chi connectivity index (χ0v) is 19.6. The third kappa shape index (κ3) is 3.71. The molecule has 5 rings (SSSR count). The van der Waals surface area contributed by atoms with E-state index in [2.05, 4.69) is 60.9 Å². The van der Waals surface area contributed by atoms with Gasteiger partial charge in [-0.25, -0.2) is 4.79 Å². The lowest BCUT2D eigenvalue weighted by molar-refractivity contribution is 0.0603. The molecule has 0 saturated heterocycles. The summed E-state index contributed by atoms with van der Waals surface area (Å²) in [6, 6.07) is 28.4. The number of phenolic OH excluding ortho intramolecular Hbond substituents is 1. The van der Waals surface area contributed by atoms with E-state index < -0.39 is 5.97 Å². The molecule has 0 radical (unpaired) electrons. The van der Waals surface area contributed by atoms with E-state index >= 15 is 0 Å². The Morgan fingerprint density at radius 3 is 2.32 bits per heavy atom. The quantitative estimate of drug-likeness (QED) is 0.291. The minimum atomic E-state index is -0.414. The fourth-order valence-electron chi connectivity index (χ4n) is 4.71. The van der Waals surface area contributed by atoms with Crippen LogP contribution in [-0.4, -0.2) is 22.8 Å². The Labute approximate surface area is 199 Å². The summed E-state index contributed by atoms with van der Waals surface area (Å²) in [5.74, 6) is 0.0191. The van der Waals surface area contributed by atoms with Crippen LogP contribution in [0.15, 0.2) is 84.9 Å². The summed E-state index contributed by atoms with van der Waals surface area (Å²) < 4.78 is 7.24. The maximum absolute atomic E-state index is 12.6. The van der Waals surface area contributed by atoms with Crippen LogP contribution in [0.3, 0.4) is 0 Å². The number of aromatic nitrogens is 1. The topological polar surface area (TPSA) is 51.5 Å². The predicted octanol–water partition coefficient (Wildman–Crippen LogP) is 7.13. The minimum absolute atomic E-state index is 0.180. The third-order valence-electron chi connectivity index (χ3n) is 6.44. The van der Waals surface area contributed by atoms with Crippen LogP contribution in [0.25, 0.3) is 32.9 Å². The monoisotopic (exact) mass is 449 g/mol. The standard InChI is InChI=1S/C30H27NO3/c1-19(2)23-16-26-29(27(32)17-23)28-24(30(33)34-3)13-8-14-25(28)31(26)18-20-9-7-12-22(15-20)21-10-5-4-6-11-21/h4-17,19,32H,18H2,1-3H3. The summed E-state index contributed by atoms with van der Waals surface area (Å²) in [6.45, 7) is 4.82. The number of aromatic hydroxyl groups is 1. The molecule has 0 aliphatic rings. The van der Waals surface area contributed by atoms with Gasteiger partial charge in [-0.2, -0.15) is 0 Å². The minimum Gasteiger partial charge on any atom is -0.507 e. The number of rotatable bonds is 5. The van der Waals surface area contributed by atoms with Crippen molar-refractivity contribution >= 4 is 27.8 Å². The molecule has 0 aliphatic heterocycles. The summed E-state index contributed by atoms with van der Waals surface area (Å²) in [4.78, 5) is 12.6. The largest absolute Gasteiger partial charge is 0.507 e. The van der Waals surface area contributed by atoms with Crippen molar-refractivity contribution in [3.63, 3.8) is 0 Å². The second-order valence-corrected chi connectivity index (χ2v) is 8.93. The Kier molecular flexibility index (Phi) is 5.58. The van der Waals surface area contributed by atoms with Gasteiger partial charge in [-0.05, 0) is 58.5 Å². The van der Waals surface area contributed by atoms with Crippen LogP contribution >= 0.6 is 0 Å². The maximum Gasteiger partial charge on any atom is 0.338 e. The van der Waals surface area contributed by atoms with E-state index in [9.17, 15) is 9.90 Å². The van der Waals surface area contributed by atoms with Crippen LogP contribution in [0.5, 0.6) is 5.75 Å². The SMILES string of the molecule is COC(=O)c1cccc2c1c1c(O)cc(C(C)C)cc1n2Cc1cccc(-c2ccccc2)c1. The fraction of sp³-hybridized carbons (Fsp3) is 0.167. The van der Waals surface area contributed by atoms with Gasteiger partial charge >= 0.3 is 5.97 Å². The number of nitrogens with zero attached hydrogens (tertiary/aromatic N) is 1. The Morgan fingerprint density at radius 2 is 1.59 bits per heavy atom. The fourth-order valence-corrected chi connectivity index (χ4v) is 4.71. The molecule has 0 bridgehead atoms. The highest BCUT2D eigenvalue weighted by atomic mass is 16.5. The maximum atomic E-state index is 12.6. The second-order valence-electron chi connectivity index (χ2n) is 8.93. The highest BCUT2D eigenvalue weighted by Gasteiger charge is 2.21. The van der Waals surface area contributed by atoms with Gasteiger partial charge in [-0.1, -0.05) is 68.4 Å². The van der Waals surface area contributed by atoms with E-state index in [0.29, 0.717) is 17.5 Å². The summed E-state index contributed by atoms with van der Waals surface area (Å²) in [5.41, 5.74) is 6.75. The molecule has 1 aromatic heterocycles. The molecular weight excluding hydrogens is 422 g/mol. The Bertz CT molecular complexity index is 1510. The molecule has 4 nitrogen and oxygen atoms in total. The number of esters is 1. The van der Waals surface area contributed by atoms with Gasteiger partial charge in [-0.15, -0.1) is 0 Å². The van der Waals surface area contributed by atoms with Gasteiger partial charge < -0.3 is 14.4 Å². The molecule has 4 heteroatoms. The van der Waals surface area contributed by atoms with E-state index in [1.165, 1.54) is 12.7 Å². The number of hydrogen-bond donors (Lipinski definition) is 1. The first-order valence-electron chi connectivity index (χ1n) is 11.5. The predicted molar refractivity (Wildman–Crippen MR) is 138 cm³/mol. The summed E-state index contributed by atoms with van der Waals surface area (Å²) in [6.07, 6.45) is 0. The second kappa shape index (κ2) is 8.71. The number of carbonyl (C=O) groups is 1. The Morgan fingerprint density at radius 1 is 0.853 bits per heavy atom. The molecular formula is C30H27NO3. The van der Waals surface area contributed by atoms with Gasteiger partial charge in [0.25, 0.3) is 0 Å². The van der Waals surface area contributed by atoms with Crippen LogP contribution in [0.1, 0.15) is 41.3 Å². The summed E-state index contributed by atoms with van der Waals surface area (Å²) in [7, 11) is 1.38. The summed E-state index contributed by atoms with van der Waals surface area (Å²) in [5, 5.41) is 12.5. The normalized spacial score (nSPS) is 11.4. The zero-order chi connectivity index (χ0) is 23.8. The van der Waals surface area contributed by atoms with Crippen molar-refractivity contribution in [1.29, 1.82) is 0 Å². The molecule has 34 heavy (non-hydrogen) atoms. The smallest absolute Gasteiger partial charge is 0.338 e. The number of benzene rings is 4. The Balaban J connectivity index is 1.75. The van der Waals surface area contributed by atoms with Crippen LogP contribution in [-0.2, 0) is 11.3 Å². The van der Waals surface area contributed by atoms with Crippen molar-refractivity contribution < 1.29 is 14.6 Å². The molecule has 0 spiro atoms. The number of phenols is 1. The lowest BCUT2D eigenvalue weighted by atomic mass is 9.99. The van der Waals surface area contributed by atoms with Gasteiger partial charge in [0.15, 0.2) is 0 Å². The molecule has 0 saturated carbocycles. The average Bonchev–Trinajstić information content (AvgIpc) is 3.18. The molecule has 170 valence electrons. The Hall–Kier alpha value is -4.05. The van der Waals surface area contributed by atoms with Gasteiger partial charge in [0.05, 0.1) is 29.1 Å². The van der Waals surface area contributed by atoms with Gasteiger partial charge in [-0.3, -0.25) is 0 Å². The van der Waals surface area contributed by atoms with E-state index in [1.807, 2.05) is 30.3 Å². The highest BCUT2D eigenvalue weighted by molar-refractivity contribution is 6.19. The molecule has 4 aromatic carbocycles. The van der Waals surface area contributed by atoms with E-state index in [1.54, 1.807) is 12.1 Å². The van der Waals surface area contributed by atoms with E-state index in [4.69, 9.17) is 4.74 Å². The number of hydrogen-bond acceptors (Lipinski definition) is 3. The van der Waals surface area contributed by atoms with Crippen LogP contribution in [0, 0.1) is 0 Å². The molecule has 1 heterocycles. The van der Waals surface area contributed by atoms with Crippen molar-refractivity contribution in [2.24, 2.45) is 0 Å². The molecule has 0 aliphatic carbocycles. The zero-order valence-electron chi connectivity index (χ0n) is 19.6. The number of methoxy groups -OCH3 is 1. The highest BCUT2D eigenvalue weighted by Crippen LogP contribution is 2.40. The van der Waals surface area contributed by atoms with E-state index in [-0.39, 0.29) is 11.7 Å². The first-order chi connectivity index (χ1) is 16.5. The van der Waals surface area contributed by atoms with Crippen LogP contribution in [0.4, 0.5) is 0 Å². The van der Waals surface area contributed by atoms with Gasteiger partial charge in [0.1, 0.15) is 5.75 Å².